The number of ether oxygens (including phenoxy) is 2. The molecule has 5 aliphatic heterocycles. The second-order valence-electron chi connectivity index (χ2n) is 7.27. The molecule has 4 atom stereocenters. The molecule has 0 radical (unpaired) electrons. The summed E-state index contributed by atoms with van der Waals surface area (Å²) < 4.78 is 11.1. The Labute approximate surface area is 134 Å². The molecule has 6 nitrogen and oxygen atoms in total. The molecule has 6 rings (SSSR count). The normalized spacial score (nSPS) is 36.5. The predicted molar refractivity (Wildman–Crippen MR) is 82.4 cm³/mol. The van der Waals surface area contributed by atoms with Crippen molar-refractivity contribution in [2.24, 2.45) is 5.92 Å². The molecule has 2 unspecified atom stereocenters. The maximum absolute atomic E-state index is 12.7. The predicted octanol–water partition coefficient (Wildman–Crippen LogP) is 1.22. The molecule has 0 bridgehead atoms. The van der Waals surface area contributed by atoms with Crippen molar-refractivity contribution >= 4 is 11.6 Å². The van der Waals surface area contributed by atoms with E-state index < -0.39 is 0 Å². The summed E-state index contributed by atoms with van der Waals surface area (Å²) in [6.45, 7) is 2.51. The van der Waals surface area contributed by atoms with Crippen LogP contribution in [-0.2, 0) is 4.79 Å². The van der Waals surface area contributed by atoms with E-state index in [1.807, 2.05) is 6.07 Å². The highest BCUT2D eigenvalue weighted by molar-refractivity contribution is 5.85. The minimum Gasteiger partial charge on any atom is -0.454 e. The van der Waals surface area contributed by atoms with Crippen molar-refractivity contribution in [1.82, 2.24) is 10.3 Å². The van der Waals surface area contributed by atoms with Crippen LogP contribution in [0, 0.1) is 5.92 Å². The number of rotatable bonds is 0. The number of hydrogen-bond acceptors (Lipinski definition) is 5. The van der Waals surface area contributed by atoms with E-state index in [0.717, 1.165) is 49.5 Å². The summed E-state index contributed by atoms with van der Waals surface area (Å²) in [4.78, 5) is 15.2. The van der Waals surface area contributed by atoms with E-state index in [-0.39, 0.29) is 18.6 Å². The lowest BCUT2D eigenvalue weighted by molar-refractivity contribution is -0.134. The summed E-state index contributed by atoms with van der Waals surface area (Å²) in [5, 5.41) is 2.13. The molecular weight excluding hydrogens is 294 g/mol. The molecule has 120 valence electrons. The second-order valence-corrected chi connectivity index (χ2v) is 7.27. The maximum atomic E-state index is 12.7. The molecule has 0 aromatic heterocycles. The number of hydrogen-bond donors (Lipinski definition) is 1. The summed E-state index contributed by atoms with van der Waals surface area (Å²) in [5.74, 6) is 2.43. The van der Waals surface area contributed by atoms with Crippen LogP contribution in [0.1, 0.15) is 30.7 Å². The lowest BCUT2D eigenvalue weighted by atomic mass is 9.74. The van der Waals surface area contributed by atoms with Gasteiger partial charge >= 0.3 is 0 Å². The molecule has 0 aliphatic carbocycles. The first-order chi connectivity index (χ1) is 11.3. The van der Waals surface area contributed by atoms with Gasteiger partial charge in [-0.05, 0) is 44.0 Å². The van der Waals surface area contributed by atoms with Crippen LogP contribution in [0.4, 0.5) is 5.69 Å². The van der Waals surface area contributed by atoms with Crippen molar-refractivity contribution in [2.75, 3.05) is 24.9 Å². The van der Waals surface area contributed by atoms with E-state index >= 15 is 0 Å². The average Bonchev–Trinajstić information content (AvgIpc) is 3.15. The fourth-order valence-corrected chi connectivity index (χ4v) is 5.43. The van der Waals surface area contributed by atoms with Gasteiger partial charge in [0.15, 0.2) is 11.5 Å². The van der Waals surface area contributed by atoms with Crippen molar-refractivity contribution in [2.45, 2.75) is 37.3 Å². The molecule has 23 heavy (non-hydrogen) atoms. The molecule has 1 N–H and O–H groups in total. The Morgan fingerprint density at radius 3 is 2.83 bits per heavy atom. The quantitative estimate of drug-likeness (QED) is 0.780. The third kappa shape index (κ3) is 1.45. The van der Waals surface area contributed by atoms with Gasteiger partial charge in [0.1, 0.15) is 0 Å². The highest BCUT2D eigenvalue weighted by atomic mass is 16.7. The largest absolute Gasteiger partial charge is 0.454 e. The lowest BCUT2D eigenvalue weighted by Crippen LogP contribution is -2.71. The number of amides is 1. The zero-order valence-electron chi connectivity index (χ0n) is 12.8. The van der Waals surface area contributed by atoms with Gasteiger partial charge in [0.2, 0.25) is 12.7 Å². The van der Waals surface area contributed by atoms with Gasteiger partial charge in [-0.2, -0.15) is 0 Å². The molecule has 0 saturated carbocycles. The number of fused-ring (bicyclic) bond motifs is 4. The fourth-order valence-electron chi connectivity index (χ4n) is 5.43. The summed E-state index contributed by atoms with van der Waals surface area (Å²) in [6.07, 6.45) is 3.30. The number of nitrogens with one attached hydrogen (secondary N) is 1. The standard InChI is InChI=1S/C17H19N3O3/c21-17-10-2-1-4-19-5-3-9-11-6-13-14(23-8-22-13)7-12(11)20(18-17)16(9)15(10)19/h6-7,9-10,15-16H,1-5,8H2,(H,18,21)/t9?,10-,15+,16?/m0/s1. The van der Waals surface area contributed by atoms with Crippen LogP contribution >= 0.6 is 0 Å². The minimum atomic E-state index is 0.140. The summed E-state index contributed by atoms with van der Waals surface area (Å²) >= 11 is 0. The number of anilines is 1. The van der Waals surface area contributed by atoms with Gasteiger partial charge in [-0.1, -0.05) is 0 Å². The van der Waals surface area contributed by atoms with Crippen LogP contribution in [0.5, 0.6) is 11.5 Å². The first-order valence-electron chi connectivity index (χ1n) is 8.58. The van der Waals surface area contributed by atoms with Crippen molar-refractivity contribution < 1.29 is 14.3 Å². The first kappa shape index (κ1) is 12.5. The SMILES string of the molecule is O=C1NN2c3cc4c(cc3C3CCN5CCC[C@H]1[C@@H]5C32)OCO4. The number of carbonyl (C=O) groups excluding carboxylic acids is 1. The Morgan fingerprint density at radius 1 is 1.04 bits per heavy atom. The van der Waals surface area contributed by atoms with Crippen LogP contribution in [0.15, 0.2) is 12.1 Å². The van der Waals surface area contributed by atoms with Crippen molar-refractivity contribution in [3.05, 3.63) is 17.7 Å². The lowest BCUT2D eigenvalue weighted by Gasteiger charge is -2.54. The van der Waals surface area contributed by atoms with Gasteiger partial charge in [0, 0.05) is 18.0 Å². The van der Waals surface area contributed by atoms with Crippen molar-refractivity contribution in [3.8, 4) is 11.5 Å². The zero-order valence-corrected chi connectivity index (χ0v) is 12.8. The van der Waals surface area contributed by atoms with Crippen LogP contribution in [0.3, 0.4) is 0 Å². The summed E-state index contributed by atoms with van der Waals surface area (Å²) in [5.41, 5.74) is 5.59. The molecule has 1 amide bonds. The van der Waals surface area contributed by atoms with E-state index in [2.05, 4.69) is 21.4 Å². The van der Waals surface area contributed by atoms with Crippen LogP contribution < -0.4 is 19.9 Å². The third-order valence-corrected chi connectivity index (χ3v) is 6.33. The van der Waals surface area contributed by atoms with Gasteiger partial charge in [0.25, 0.3) is 0 Å². The molecule has 1 aromatic rings. The fraction of sp³-hybridized carbons (Fsp3) is 0.588. The molecule has 0 spiro atoms. The van der Waals surface area contributed by atoms with Crippen LogP contribution in [0.25, 0.3) is 0 Å². The molecule has 6 heteroatoms. The number of piperidine rings is 2. The molecule has 3 saturated heterocycles. The van der Waals surface area contributed by atoms with E-state index in [1.54, 1.807) is 0 Å². The topological polar surface area (TPSA) is 54.0 Å². The monoisotopic (exact) mass is 313 g/mol. The number of carbonyl (C=O) groups is 1. The zero-order chi connectivity index (χ0) is 15.1. The van der Waals surface area contributed by atoms with Gasteiger partial charge in [-0.25, -0.2) is 0 Å². The van der Waals surface area contributed by atoms with Crippen molar-refractivity contribution in [3.63, 3.8) is 0 Å². The Hall–Kier alpha value is -1.95. The molecule has 1 aromatic carbocycles. The summed E-state index contributed by atoms with van der Waals surface area (Å²) in [7, 11) is 0. The van der Waals surface area contributed by atoms with Gasteiger partial charge in [-0.15, -0.1) is 0 Å². The highest BCUT2D eigenvalue weighted by Gasteiger charge is 2.56. The van der Waals surface area contributed by atoms with Gasteiger partial charge in [0.05, 0.1) is 17.6 Å². The maximum Gasteiger partial charge on any atom is 0.243 e. The highest BCUT2D eigenvalue weighted by Crippen LogP contribution is 2.53. The Balaban J connectivity index is 1.51. The minimum absolute atomic E-state index is 0.140. The molecular formula is C17H19N3O3. The van der Waals surface area contributed by atoms with E-state index in [9.17, 15) is 4.79 Å². The smallest absolute Gasteiger partial charge is 0.243 e. The number of hydrazine groups is 1. The van der Waals surface area contributed by atoms with Gasteiger partial charge < -0.3 is 9.47 Å². The van der Waals surface area contributed by atoms with E-state index in [4.69, 9.17) is 9.47 Å². The van der Waals surface area contributed by atoms with Crippen LogP contribution in [0.2, 0.25) is 0 Å². The second kappa shape index (κ2) is 4.12. The molecule has 3 fully saturated rings. The molecule has 5 aliphatic rings. The Bertz CT molecular complexity index is 721. The molecule has 5 heterocycles. The van der Waals surface area contributed by atoms with Gasteiger partial charge in [-0.3, -0.25) is 20.1 Å². The third-order valence-electron chi connectivity index (χ3n) is 6.33. The van der Waals surface area contributed by atoms with Crippen molar-refractivity contribution in [1.29, 1.82) is 0 Å². The van der Waals surface area contributed by atoms with Crippen LogP contribution in [-0.4, -0.2) is 42.8 Å². The number of benzene rings is 1. The summed E-state index contributed by atoms with van der Waals surface area (Å²) in [6, 6.07) is 4.88. The Kier molecular flexibility index (Phi) is 2.23. The van der Waals surface area contributed by atoms with E-state index in [1.165, 1.54) is 5.56 Å². The number of nitrogens with zero attached hydrogens (tertiary/aromatic N) is 2. The average molecular weight is 313 g/mol. The first-order valence-corrected chi connectivity index (χ1v) is 8.58. The van der Waals surface area contributed by atoms with E-state index in [0.29, 0.717) is 18.0 Å². The Morgan fingerprint density at radius 2 is 1.91 bits per heavy atom.